The Morgan fingerprint density at radius 1 is 0.370 bits per heavy atom. The van der Waals surface area contributed by atoms with Crippen molar-refractivity contribution < 1.29 is 18.4 Å². The minimum absolute atomic E-state index is 0.0505. The van der Waals surface area contributed by atoms with Crippen LogP contribution in [0.15, 0.2) is 185 Å². The number of rotatable bonds is 5. The Morgan fingerprint density at radius 3 is 1.74 bits per heavy atom. The second-order valence-electron chi connectivity index (χ2n) is 13.1. The van der Waals surface area contributed by atoms with Gasteiger partial charge in [0, 0.05) is 43.6 Å². The first-order valence-corrected chi connectivity index (χ1v) is 17.4. The van der Waals surface area contributed by atoms with Gasteiger partial charge in [0.25, 0.3) is 0 Å². The molecule has 252 valence electrons. The molecule has 0 atom stereocenters. The highest BCUT2D eigenvalue weighted by atomic mass is 16.3. The first-order chi connectivity index (χ1) is 29.6. The largest absolute Gasteiger partial charge is 0.456 e. The lowest BCUT2D eigenvalue weighted by molar-refractivity contribution is 0.669. The lowest BCUT2D eigenvalue weighted by atomic mass is 9.99. The van der Waals surface area contributed by atoms with Crippen molar-refractivity contribution in [2.75, 3.05) is 0 Å². The van der Waals surface area contributed by atoms with Gasteiger partial charge in [0.2, 0.25) is 0 Å². The van der Waals surface area contributed by atoms with Gasteiger partial charge in [-0.3, -0.25) is 0 Å². The van der Waals surface area contributed by atoms with Crippen LogP contribution >= 0.6 is 0 Å². The van der Waals surface area contributed by atoms with Crippen molar-refractivity contribution in [1.82, 2.24) is 15.0 Å². The molecule has 0 spiro atoms. The molecule has 0 amide bonds. The molecule has 5 nitrogen and oxygen atoms in total. The van der Waals surface area contributed by atoms with Crippen molar-refractivity contribution >= 4 is 54.6 Å². The summed E-state index contributed by atoms with van der Waals surface area (Å²) < 4.78 is 73.6. The lowest BCUT2D eigenvalue weighted by Crippen LogP contribution is -2.00. The third kappa shape index (κ3) is 5.06. The van der Waals surface area contributed by atoms with E-state index in [0.29, 0.717) is 16.7 Å². The van der Waals surface area contributed by atoms with Crippen molar-refractivity contribution in [3.05, 3.63) is 176 Å². The summed E-state index contributed by atoms with van der Waals surface area (Å²) in [7, 11) is 0. The van der Waals surface area contributed by atoms with Gasteiger partial charge < -0.3 is 8.83 Å². The summed E-state index contributed by atoms with van der Waals surface area (Å²) in [5.74, 6) is 0.445. The number of furan rings is 2. The highest BCUT2D eigenvalue weighted by Crippen LogP contribution is 2.37. The number of fused-ring (bicyclic) bond motifs is 8. The zero-order chi connectivity index (χ0) is 41.7. The molecule has 0 unspecified atom stereocenters. The molecule has 8 aromatic carbocycles. The summed E-state index contributed by atoms with van der Waals surface area (Å²) in [5.41, 5.74) is 6.39. The van der Waals surface area contributed by atoms with Crippen LogP contribution in [0.4, 0.5) is 0 Å². The topological polar surface area (TPSA) is 65.0 Å². The van der Waals surface area contributed by atoms with Gasteiger partial charge in [-0.25, -0.2) is 15.0 Å². The average molecular weight is 699 g/mol. The fraction of sp³-hybridized carbons (Fsp3) is 0. The van der Waals surface area contributed by atoms with Gasteiger partial charge in [-0.05, 0) is 64.0 Å². The van der Waals surface area contributed by atoms with E-state index < -0.39 is 30.2 Å². The molecule has 0 N–H and O–H groups in total. The van der Waals surface area contributed by atoms with E-state index in [1.165, 1.54) is 0 Å². The molecule has 0 saturated heterocycles. The van der Waals surface area contributed by atoms with Gasteiger partial charge in [0.1, 0.15) is 22.3 Å². The highest BCUT2D eigenvalue weighted by molar-refractivity contribution is 6.15. The van der Waals surface area contributed by atoms with Crippen LogP contribution in [0.2, 0.25) is 0 Å². The Labute approximate surface area is 319 Å². The molecule has 3 heterocycles. The molecule has 5 heteroatoms. The predicted molar refractivity (Wildman–Crippen MR) is 219 cm³/mol. The van der Waals surface area contributed by atoms with Crippen LogP contribution in [0.3, 0.4) is 0 Å². The Balaban J connectivity index is 1.08. The van der Waals surface area contributed by atoms with Crippen molar-refractivity contribution in [2.45, 2.75) is 0 Å². The molecule has 11 aromatic rings. The maximum Gasteiger partial charge on any atom is 0.164 e. The Morgan fingerprint density at radius 2 is 0.963 bits per heavy atom. The van der Waals surface area contributed by atoms with Crippen molar-refractivity contribution in [1.29, 1.82) is 0 Å². The summed E-state index contributed by atoms with van der Waals surface area (Å²) in [6.45, 7) is 0. The van der Waals surface area contributed by atoms with E-state index in [1.54, 1.807) is 0 Å². The minimum Gasteiger partial charge on any atom is -0.456 e. The number of para-hydroxylation sites is 1. The summed E-state index contributed by atoms with van der Waals surface area (Å²) in [6.07, 6.45) is 0. The van der Waals surface area contributed by atoms with Crippen LogP contribution in [0.5, 0.6) is 0 Å². The minimum atomic E-state index is -0.502. The number of nitrogens with zero attached hydrogens (tertiary/aromatic N) is 3. The third-order valence-electron chi connectivity index (χ3n) is 9.83. The molecule has 0 bridgehead atoms. The van der Waals surface area contributed by atoms with Gasteiger partial charge in [-0.1, -0.05) is 139 Å². The normalized spacial score (nSPS) is 13.5. The summed E-state index contributed by atoms with van der Waals surface area (Å²) in [4.78, 5) is 14.6. The smallest absolute Gasteiger partial charge is 0.164 e. The van der Waals surface area contributed by atoms with E-state index in [9.17, 15) is 2.74 Å². The Bertz CT molecular complexity index is 3610. The molecular formula is C49H29N3O2. The molecule has 0 saturated carbocycles. The van der Waals surface area contributed by atoms with Gasteiger partial charge in [0.15, 0.2) is 17.5 Å². The molecule has 0 radical (unpaired) electrons. The predicted octanol–water partition coefficient (Wildman–Crippen LogP) is 13.2. The molecule has 3 aromatic heterocycles. The first kappa shape index (κ1) is 24.0. The highest BCUT2D eigenvalue weighted by Gasteiger charge is 2.17. The second-order valence-corrected chi connectivity index (χ2v) is 13.1. The van der Waals surface area contributed by atoms with Crippen LogP contribution in [0.25, 0.3) is 111 Å². The van der Waals surface area contributed by atoms with E-state index in [-0.39, 0.29) is 57.1 Å². The number of benzene rings is 8. The van der Waals surface area contributed by atoms with Crippen molar-refractivity contribution in [3.63, 3.8) is 0 Å². The van der Waals surface area contributed by atoms with Crippen molar-refractivity contribution in [2.24, 2.45) is 0 Å². The average Bonchev–Trinajstić information content (AvgIpc) is 3.90. The van der Waals surface area contributed by atoms with E-state index >= 15 is 0 Å². The third-order valence-corrected chi connectivity index (χ3v) is 9.83. The molecular weight excluding hydrogens is 663 g/mol. The van der Waals surface area contributed by atoms with Crippen LogP contribution in [0.1, 0.15) is 9.60 Å². The van der Waals surface area contributed by atoms with E-state index in [4.69, 9.17) is 30.6 Å². The van der Waals surface area contributed by atoms with Gasteiger partial charge >= 0.3 is 0 Å². The number of hydrogen-bond acceptors (Lipinski definition) is 5. The maximum atomic E-state index is 9.35. The quantitative estimate of drug-likeness (QED) is 0.179. The Hall–Kier alpha value is -7.37. The van der Waals surface area contributed by atoms with Crippen LogP contribution in [-0.4, -0.2) is 15.0 Å². The zero-order valence-corrected chi connectivity index (χ0v) is 28.4. The molecule has 54 heavy (non-hydrogen) atoms. The number of hydrogen-bond donors (Lipinski definition) is 0. The van der Waals surface area contributed by atoms with Crippen molar-refractivity contribution in [3.8, 4) is 56.4 Å². The van der Waals surface area contributed by atoms with E-state index in [0.717, 1.165) is 49.4 Å². The van der Waals surface area contributed by atoms with E-state index in [2.05, 4.69) is 42.5 Å². The molecule has 0 aliphatic carbocycles. The van der Waals surface area contributed by atoms with Gasteiger partial charge in [-0.15, -0.1) is 0 Å². The summed E-state index contributed by atoms with van der Waals surface area (Å²) >= 11 is 0. The van der Waals surface area contributed by atoms with Crippen LogP contribution < -0.4 is 0 Å². The number of aromatic nitrogens is 3. The van der Waals surface area contributed by atoms with Gasteiger partial charge in [0.05, 0.1) is 9.60 Å². The van der Waals surface area contributed by atoms with E-state index in [1.807, 2.05) is 91.0 Å². The SMILES string of the molecule is [2H]c1c([2H])c([2H])c2c(oc3c([2H])c(-c4nc(-c5ccc(-c6ccc(-c7ccccc7)cc6)cc5)nc(-c5ccc6c(c5)oc5c7ccccc7ccc65)n4)c([2H])c([2H])c32)c1[2H]. The standard InChI is InChI=1S/C49H29N3O2/c1-2-8-30(9-3-1)31-14-16-32(17-15-31)33-18-20-35(21-19-33)47-50-48(36-23-25-40-39-12-6-7-13-43(39)53-44(40)28-36)52-49(51-47)37-24-26-41-42-27-22-34-10-4-5-11-38(34)46(42)54-45(41)29-37/h1-29H/i6D,7D,12D,13D,23D,25D,28D. The molecule has 11 rings (SSSR count). The maximum absolute atomic E-state index is 9.35. The molecule has 0 aliphatic rings. The van der Waals surface area contributed by atoms with Gasteiger partial charge in [-0.2, -0.15) is 0 Å². The second kappa shape index (κ2) is 12.1. The molecule has 0 aliphatic heterocycles. The molecule has 0 fully saturated rings. The Kier molecular flexibility index (Phi) is 5.38. The van der Waals surface area contributed by atoms with Crippen LogP contribution in [-0.2, 0) is 0 Å². The fourth-order valence-corrected chi connectivity index (χ4v) is 7.10. The zero-order valence-electron chi connectivity index (χ0n) is 35.4. The first-order valence-electron chi connectivity index (χ1n) is 20.9. The monoisotopic (exact) mass is 698 g/mol. The summed E-state index contributed by atoms with van der Waals surface area (Å²) in [5, 5.41) is 3.82. The lowest BCUT2D eigenvalue weighted by Gasteiger charge is -2.10. The summed E-state index contributed by atoms with van der Waals surface area (Å²) in [6, 6.07) is 41.2. The fourth-order valence-electron chi connectivity index (χ4n) is 7.10. The van der Waals surface area contributed by atoms with Crippen LogP contribution in [0, 0.1) is 0 Å².